The number of carbonyl (C=O) groups excluding carboxylic acids is 1. The first-order chi connectivity index (χ1) is 14.6. The number of hydrogen-bond donors (Lipinski definition) is 2. The summed E-state index contributed by atoms with van der Waals surface area (Å²) in [5, 5.41) is 3.28. The molecule has 2 aromatic heterocycles. The van der Waals surface area contributed by atoms with Crippen LogP contribution in [0.3, 0.4) is 0 Å². The highest BCUT2D eigenvalue weighted by Gasteiger charge is 2.12. The summed E-state index contributed by atoms with van der Waals surface area (Å²) in [4.78, 5) is 20.4. The predicted molar refractivity (Wildman–Crippen MR) is 115 cm³/mol. The second kappa shape index (κ2) is 8.53. The van der Waals surface area contributed by atoms with E-state index >= 15 is 0 Å². The maximum absolute atomic E-state index is 13.7. The number of carbonyl (C=O) groups is 1. The number of aromatic nitrogens is 2. The van der Waals surface area contributed by atoms with Crippen LogP contribution in [0.1, 0.15) is 15.9 Å². The van der Waals surface area contributed by atoms with Gasteiger partial charge < -0.3 is 11.1 Å². The van der Waals surface area contributed by atoms with E-state index in [2.05, 4.69) is 15.3 Å². The first kappa shape index (κ1) is 19.3. The van der Waals surface area contributed by atoms with Gasteiger partial charge in [-0.05, 0) is 53.6 Å². The number of nitrogens with one attached hydrogen (secondary N) is 1. The second-order valence-corrected chi connectivity index (χ2v) is 6.74. The van der Waals surface area contributed by atoms with Crippen molar-refractivity contribution in [2.24, 2.45) is 5.73 Å². The van der Waals surface area contributed by atoms with Gasteiger partial charge in [0.1, 0.15) is 5.82 Å². The van der Waals surface area contributed by atoms with Crippen molar-refractivity contribution in [1.29, 1.82) is 0 Å². The SMILES string of the molecule is NC(=O)c1ccccc1NCc1cc(-c2cccc(F)c2)cnc1-c1ccncc1. The Morgan fingerprint density at radius 2 is 1.73 bits per heavy atom. The molecule has 5 nitrogen and oxygen atoms in total. The maximum Gasteiger partial charge on any atom is 0.250 e. The lowest BCUT2D eigenvalue weighted by atomic mass is 10.0. The Morgan fingerprint density at radius 3 is 2.50 bits per heavy atom. The topological polar surface area (TPSA) is 80.9 Å². The van der Waals surface area contributed by atoms with Crippen molar-refractivity contribution in [3.05, 3.63) is 102 Å². The Labute approximate surface area is 173 Å². The van der Waals surface area contributed by atoms with E-state index in [0.717, 1.165) is 27.9 Å². The van der Waals surface area contributed by atoms with Crippen LogP contribution in [0.15, 0.2) is 85.3 Å². The van der Waals surface area contributed by atoms with E-state index < -0.39 is 5.91 Å². The molecule has 2 heterocycles. The van der Waals surface area contributed by atoms with Crippen molar-refractivity contribution in [2.75, 3.05) is 5.32 Å². The number of benzene rings is 2. The van der Waals surface area contributed by atoms with E-state index in [1.54, 1.807) is 42.9 Å². The molecule has 0 aliphatic heterocycles. The van der Waals surface area contributed by atoms with Crippen molar-refractivity contribution in [3.8, 4) is 22.4 Å². The van der Waals surface area contributed by atoms with Crippen molar-refractivity contribution in [3.63, 3.8) is 0 Å². The third-order valence-corrected chi connectivity index (χ3v) is 4.74. The highest BCUT2D eigenvalue weighted by molar-refractivity contribution is 5.98. The number of halogens is 1. The van der Waals surface area contributed by atoms with E-state index in [4.69, 9.17) is 5.73 Å². The Bertz CT molecular complexity index is 1190. The van der Waals surface area contributed by atoms with Gasteiger partial charge in [0, 0.05) is 41.9 Å². The average molecular weight is 398 g/mol. The van der Waals surface area contributed by atoms with Crippen LogP contribution in [0, 0.1) is 5.82 Å². The molecular weight excluding hydrogens is 379 g/mol. The van der Waals surface area contributed by atoms with Crippen LogP contribution in [0.5, 0.6) is 0 Å². The zero-order valence-electron chi connectivity index (χ0n) is 16.0. The second-order valence-electron chi connectivity index (χ2n) is 6.74. The smallest absolute Gasteiger partial charge is 0.250 e. The Hall–Kier alpha value is -4.06. The first-order valence-electron chi connectivity index (χ1n) is 9.40. The highest BCUT2D eigenvalue weighted by Crippen LogP contribution is 2.28. The normalized spacial score (nSPS) is 10.6. The molecule has 0 fully saturated rings. The summed E-state index contributed by atoms with van der Waals surface area (Å²) in [5.41, 5.74) is 10.7. The number of amides is 1. The zero-order valence-corrected chi connectivity index (χ0v) is 16.0. The van der Waals surface area contributed by atoms with E-state index in [1.807, 2.05) is 30.3 Å². The first-order valence-corrected chi connectivity index (χ1v) is 9.40. The van der Waals surface area contributed by atoms with Crippen molar-refractivity contribution in [2.45, 2.75) is 6.54 Å². The van der Waals surface area contributed by atoms with Gasteiger partial charge in [-0.1, -0.05) is 24.3 Å². The standard InChI is InChI=1S/C24H19FN4O/c25-20-5-3-4-17(13-20)18-12-19(23(29-14-18)16-8-10-27-11-9-16)15-28-22-7-2-1-6-21(22)24(26)30/h1-14,28H,15H2,(H2,26,30). The van der Waals surface area contributed by atoms with Gasteiger partial charge in [0.2, 0.25) is 0 Å². The minimum atomic E-state index is -0.501. The number of hydrogen-bond acceptors (Lipinski definition) is 4. The van der Waals surface area contributed by atoms with Crippen molar-refractivity contribution in [1.82, 2.24) is 9.97 Å². The van der Waals surface area contributed by atoms with Crippen LogP contribution >= 0.6 is 0 Å². The fourth-order valence-corrected chi connectivity index (χ4v) is 3.28. The van der Waals surface area contributed by atoms with Crippen molar-refractivity contribution >= 4 is 11.6 Å². The van der Waals surface area contributed by atoms with Gasteiger partial charge in [-0.15, -0.1) is 0 Å². The number of para-hydroxylation sites is 1. The van der Waals surface area contributed by atoms with Crippen LogP contribution in [-0.4, -0.2) is 15.9 Å². The molecule has 148 valence electrons. The number of primary amides is 1. The monoisotopic (exact) mass is 398 g/mol. The number of nitrogens with zero attached hydrogens (tertiary/aromatic N) is 2. The van der Waals surface area contributed by atoms with Gasteiger partial charge in [0.15, 0.2) is 0 Å². The minimum Gasteiger partial charge on any atom is -0.380 e. The molecule has 1 amide bonds. The molecule has 3 N–H and O–H groups in total. The third kappa shape index (κ3) is 4.17. The Balaban J connectivity index is 1.74. The highest BCUT2D eigenvalue weighted by atomic mass is 19.1. The molecule has 0 atom stereocenters. The van der Waals surface area contributed by atoms with Gasteiger partial charge in [0.05, 0.1) is 11.3 Å². The summed E-state index contributed by atoms with van der Waals surface area (Å²) in [6, 6.07) is 19.2. The number of anilines is 1. The van der Waals surface area contributed by atoms with E-state index in [9.17, 15) is 9.18 Å². The van der Waals surface area contributed by atoms with Gasteiger partial charge in [-0.25, -0.2) is 4.39 Å². The summed E-state index contributed by atoms with van der Waals surface area (Å²) in [5.74, 6) is -0.806. The van der Waals surface area contributed by atoms with Crippen LogP contribution < -0.4 is 11.1 Å². The molecule has 30 heavy (non-hydrogen) atoms. The number of rotatable bonds is 6. The molecule has 0 unspecified atom stereocenters. The fraction of sp³-hybridized carbons (Fsp3) is 0.0417. The summed E-state index contributed by atoms with van der Waals surface area (Å²) in [6.07, 6.45) is 5.14. The lowest BCUT2D eigenvalue weighted by Gasteiger charge is -2.14. The van der Waals surface area contributed by atoms with Gasteiger partial charge >= 0.3 is 0 Å². The molecule has 0 aliphatic carbocycles. The molecule has 0 bridgehead atoms. The largest absolute Gasteiger partial charge is 0.380 e. The minimum absolute atomic E-state index is 0.305. The third-order valence-electron chi connectivity index (χ3n) is 4.74. The molecule has 0 saturated carbocycles. The Morgan fingerprint density at radius 1 is 0.933 bits per heavy atom. The molecule has 0 spiro atoms. The van der Waals surface area contributed by atoms with Gasteiger partial charge in [-0.3, -0.25) is 14.8 Å². The fourth-order valence-electron chi connectivity index (χ4n) is 3.28. The lowest BCUT2D eigenvalue weighted by molar-refractivity contribution is 0.100. The van der Waals surface area contributed by atoms with Crippen LogP contribution in [0.4, 0.5) is 10.1 Å². The quantitative estimate of drug-likeness (QED) is 0.495. The number of nitrogens with two attached hydrogens (primary N) is 1. The molecule has 0 aliphatic rings. The van der Waals surface area contributed by atoms with E-state index in [1.165, 1.54) is 12.1 Å². The van der Waals surface area contributed by atoms with Crippen LogP contribution in [-0.2, 0) is 6.54 Å². The van der Waals surface area contributed by atoms with Crippen LogP contribution in [0.25, 0.3) is 22.4 Å². The number of pyridine rings is 2. The molecule has 0 saturated heterocycles. The molecule has 6 heteroatoms. The summed E-state index contributed by atoms with van der Waals surface area (Å²) >= 11 is 0. The summed E-state index contributed by atoms with van der Waals surface area (Å²) in [6.45, 7) is 0.401. The van der Waals surface area contributed by atoms with Crippen molar-refractivity contribution < 1.29 is 9.18 Å². The van der Waals surface area contributed by atoms with Gasteiger partial charge in [0.25, 0.3) is 5.91 Å². The molecule has 2 aromatic carbocycles. The molecular formula is C24H19FN4O. The summed E-state index contributed by atoms with van der Waals surface area (Å²) < 4.78 is 13.7. The molecule has 4 aromatic rings. The predicted octanol–water partition coefficient (Wildman–Crippen LogP) is 4.66. The van der Waals surface area contributed by atoms with Crippen LogP contribution in [0.2, 0.25) is 0 Å². The average Bonchev–Trinajstić information content (AvgIpc) is 2.78. The van der Waals surface area contributed by atoms with E-state index in [0.29, 0.717) is 17.8 Å². The summed E-state index contributed by atoms with van der Waals surface area (Å²) in [7, 11) is 0. The Kier molecular flexibility index (Phi) is 5.48. The molecule has 4 rings (SSSR count). The van der Waals surface area contributed by atoms with E-state index in [-0.39, 0.29) is 5.82 Å². The van der Waals surface area contributed by atoms with Gasteiger partial charge in [-0.2, -0.15) is 0 Å². The maximum atomic E-state index is 13.7. The molecule has 0 radical (unpaired) electrons. The lowest BCUT2D eigenvalue weighted by Crippen LogP contribution is -2.14. The zero-order chi connectivity index (χ0) is 20.9.